The van der Waals surface area contributed by atoms with Crippen molar-refractivity contribution in [1.82, 2.24) is 4.90 Å². The fourth-order valence-corrected chi connectivity index (χ4v) is 2.43. The topological polar surface area (TPSA) is 55.6 Å². The number of carbonyl (C=O) groups excluding carboxylic acids is 1. The summed E-state index contributed by atoms with van der Waals surface area (Å²) in [6, 6.07) is 0. The monoisotopic (exact) mass is 212 g/mol. The van der Waals surface area contributed by atoms with Crippen LogP contribution in [0.2, 0.25) is 0 Å². The smallest absolute Gasteiger partial charge is 0.222 e. The highest BCUT2D eigenvalue weighted by Gasteiger charge is 2.28. The van der Waals surface area contributed by atoms with Crippen molar-refractivity contribution >= 4 is 5.91 Å². The summed E-state index contributed by atoms with van der Waals surface area (Å²) >= 11 is 0. The Morgan fingerprint density at radius 1 is 1.40 bits per heavy atom. The van der Waals surface area contributed by atoms with Crippen molar-refractivity contribution in [3.05, 3.63) is 0 Å². The summed E-state index contributed by atoms with van der Waals surface area (Å²) < 4.78 is 5.48. The molecular formula is C11H20N2O2. The number of likely N-dealkylation sites (tertiary alicyclic amines) is 1. The van der Waals surface area contributed by atoms with Gasteiger partial charge in [-0.1, -0.05) is 0 Å². The Morgan fingerprint density at radius 2 is 2.13 bits per heavy atom. The normalized spacial score (nSPS) is 31.1. The zero-order valence-electron chi connectivity index (χ0n) is 9.15. The van der Waals surface area contributed by atoms with E-state index in [1.807, 2.05) is 4.90 Å². The molecule has 0 spiro atoms. The Kier molecular flexibility index (Phi) is 3.59. The lowest BCUT2D eigenvalue weighted by Crippen LogP contribution is -2.29. The Labute approximate surface area is 90.8 Å². The number of nitrogens with two attached hydrogens (primary N) is 1. The maximum absolute atomic E-state index is 11.8. The summed E-state index contributed by atoms with van der Waals surface area (Å²) in [6.07, 6.45) is 4.12. The van der Waals surface area contributed by atoms with Crippen molar-refractivity contribution in [3.8, 4) is 0 Å². The van der Waals surface area contributed by atoms with Crippen LogP contribution in [0.1, 0.15) is 25.7 Å². The second-order valence-electron chi connectivity index (χ2n) is 4.58. The lowest BCUT2D eigenvalue weighted by Gasteiger charge is -2.17. The third-order valence-electron chi connectivity index (χ3n) is 3.35. The van der Waals surface area contributed by atoms with Crippen LogP contribution in [0.25, 0.3) is 0 Å². The number of amides is 1. The van der Waals surface area contributed by atoms with Gasteiger partial charge >= 0.3 is 0 Å². The molecular weight excluding hydrogens is 192 g/mol. The van der Waals surface area contributed by atoms with Gasteiger partial charge in [0.15, 0.2) is 0 Å². The zero-order valence-corrected chi connectivity index (χ0v) is 9.15. The fraction of sp³-hybridized carbons (Fsp3) is 0.909. The summed E-state index contributed by atoms with van der Waals surface area (Å²) in [6.45, 7) is 3.19. The number of rotatable bonds is 3. The predicted molar refractivity (Wildman–Crippen MR) is 57.3 cm³/mol. The molecule has 0 aromatic carbocycles. The third kappa shape index (κ3) is 2.69. The summed E-state index contributed by atoms with van der Waals surface area (Å²) in [5, 5.41) is 0. The minimum atomic E-state index is 0.182. The lowest BCUT2D eigenvalue weighted by molar-refractivity contribution is -0.131. The summed E-state index contributed by atoms with van der Waals surface area (Å²) in [4.78, 5) is 13.8. The highest BCUT2D eigenvalue weighted by molar-refractivity contribution is 5.76. The first-order chi connectivity index (χ1) is 7.29. The molecule has 2 fully saturated rings. The molecule has 2 saturated heterocycles. The minimum Gasteiger partial charge on any atom is -0.377 e. The van der Waals surface area contributed by atoms with E-state index in [0.29, 0.717) is 31.4 Å². The second-order valence-corrected chi connectivity index (χ2v) is 4.58. The van der Waals surface area contributed by atoms with E-state index < -0.39 is 0 Å². The molecule has 0 aromatic heterocycles. The van der Waals surface area contributed by atoms with Gasteiger partial charge in [-0.05, 0) is 25.2 Å². The van der Waals surface area contributed by atoms with Crippen molar-refractivity contribution in [1.29, 1.82) is 0 Å². The van der Waals surface area contributed by atoms with Crippen molar-refractivity contribution in [3.63, 3.8) is 0 Å². The molecule has 2 heterocycles. The van der Waals surface area contributed by atoms with Crippen molar-refractivity contribution in [2.45, 2.75) is 31.8 Å². The molecule has 0 aromatic rings. The Morgan fingerprint density at radius 3 is 2.73 bits per heavy atom. The van der Waals surface area contributed by atoms with Crippen LogP contribution >= 0.6 is 0 Å². The van der Waals surface area contributed by atoms with Gasteiger partial charge in [-0.25, -0.2) is 0 Å². The largest absolute Gasteiger partial charge is 0.377 e. The van der Waals surface area contributed by atoms with Gasteiger partial charge in [0.05, 0.1) is 12.7 Å². The van der Waals surface area contributed by atoms with E-state index in [2.05, 4.69) is 0 Å². The van der Waals surface area contributed by atoms with Gasteiger partial charge in [-0.3, -0.25) is 4.79 Å². The molecule has 86 valence electrons. The molecule has 2 unspecified atom stereocenters. The van der Waals surface area contributed by atoms with E-state index in [4.69, 9.17) is 10.5 Å². The van der Waals surface area contributed by atoms with Crippen LogP contribution in [0.15, 0.2) is 0 Å². The second kappa shape index (κ2) is 4.94. The third-order valence-corrected chi connectivity index (χ3v) is 3.35. The van der Waals surface area contributed by atoms with Crippen LogP contribution < -0.4 is 5.73 Å². The average molecular weight is 212 g/mol. The standard InChI is InChI=1S/C11H20N2O2/c12-7-10-5-9(8-15-10)6-11(14)13-3-1-2-4-13/h9-10H,1-8,12H2. The van der Waals surface area contributed by atoms with E-state index in [1.165, 1.54) is 12.8 Å². The molecule has 0 radical (unpaired) electrons. The van der Waals surface area contributed by atoms with Gasteiger partial charge in [0.25, 0.3) is 0 Å². The highest BCUT2D eigenvalue weighted by atomic mass is 16.5. The quantitative estimate of drug-likeness (QED) is 0.735. The van der Waals surface area contributed by atoms with Crippen LogP contribution in [-0.4, -0.2) is 43.2 Å². The molecule has 2 aliphatic heterocycles. The molecule has 2 N–H and O–H groups in total. The predicted octanol–water partition coefficient (Wildman–Crippen LogP) is 0.363. The number of ether oxygens (including phenoxy) is 1. The van der Waals surface area contributed by atoms with E-state index in [-0.39, 0.29) is 6.10 Å². The van der Waals surface area contributed by atoms with Gasteiger partial charge in [0, 0.05) is 26.1 Å². The van der Waals surface area contributed by atoms with Gasteiger partial charge in [-0.2, -0.15) is 0 Å². The maximum Gasteiger partial charge on any atom is 0.222 e. The molecule has 2 atom stereocenters. The van der Waals surface area contributed by atoms with E-state index >= 15 is 0 Å². The zero-order chi connectivity index (χ0) is 10.7. The lowest BCUT2D eigenvalue weighted by atomic mass is 10.0. The molecule has 2 rings (SSSR count). The summed E-state index contributed by atoms with van der Waals surface area (Å²) in [7, 11) is 0. The van der Waals surface area contributed by atoms with Crippen LogP contribution in [0.4, 0.5) is 0 Å². The molecule has 1 amide bonds. The Hall–Kier alpha value is -0.610. The number of hydrogen-bond donors (Lipinski definition) is 1. The Bertz CT molecular complexity index is 227. The maximum atomic E-state index is 11.8. The molecule has 15 heavy (non-hydrogen) atoms. The molecule has 4 nitrogen and oxygen atoms in total. The van der Waals surface area contributed by atoms with Gasteiger partial charge < -0.3 is 15.4 Å². The molecule has 0 saturated carbocycles. The first-order valence-corrected chi connectivity index (χ1v) is 5.89. The first-order valence-electron chi connectivity index (χ1n) is 5.89. The van der Waals surface area contributed by atoms with Crippen molar-refractivity contribution in [2.75, 3.05) is 26.2 Å². The number of carbonyl (C=O) groups is 1. The molecule has 4 heteroatoms. The first kappa shape index (κ1) is 10.9. The van der Waals surface area contributed by atoms with Crippen molar-refractivity contribution < 1.29 is 9.53 Å². The van der Waals surface area contributed by atoms with Gasteiger partial charge in [-0.15, -0.1) is 0 Å². The SMILES string of the molecule is NCC1CC(CC(=O)N2CCCC2)CO1. The number of hydrogen-bond acceptors (Lipinski definition) is 3. The number of nitrogens with zero attached hydrogens (tertiary/aromatic N) is 1. The molecule has 2 aliphatic rings. The fourth-order valence-electron chi connectivity index (χ4n) is 2.43. The Balaban J connectivity index is 1.74. The van der Waals surface area contributed by atoms with Crippen molar-refractivity contribution in [2.24, 2.45) is 11.7 Å². The summed E-state index contributed by atoms with van der Waals surface area (Å²) in [5.41, 5.74) is 5.53. The van der Waals surface area contributed by atoms with Crippen LogP contribution in [0.3, 0.4) is 0 Å². The van der Waals surface area contributed by atoms with Crippen LogP contribution in [-0.2, 0) is 9.53 Å². The minimum absolute atomic E-state index is 0.182. The van der Waals surface area contributed by atoms with E-state index in [0.717, 1.165) is 19.5 Å². The van der Waals surface area contributed by atoms with Crippen LogP contribution in [0.5, 0.6) is 0 Å². The molecule has 0 aliphatic carbocycles. The van der Waals surface area contributed by atoms with E-state index in [1.54, 1.807) is 0 Å². The molecule has 0 bridgehead atoms. The average Bonchev–Trinajstić information content (AvgIpc) is 2.87. The highest BCUT2D eigenvalue weighted by Crippen LogP contribution is 2.23. The van der Waals surface area contributed by atoms with Crippen LogP contribution in [0, 0.1) is 5.92 Å². The van der Waals surface area contributed by atoms with Gasteiger partial charge in [0.2, 0.25) is 5.91 Å². The van der Waals surface area contributed by atoms with E-state index in [9.17, 15) is 4.79 Å². The summed E-state index contributed by atoms with van der Waals surface area (Å²) in [5.74, 6) is 0.699. The van der Waals surface area contributed by atoms with Gasteiger partial charge in [0.1, 0.15) is 0 Å².